The summed E-state index contributed by atoms with van der Waals surface area (Å²) in [4.78, 5) is 0. The number of rotatable bonds is 2. The molecule has 0 atom stereocenters. The van der Waals surface area contributed by atoms with Crippen molar-refractivity contribution >= 4 is 0 Å². The van der Waals surface area contributed by atoms with Crippen molar-refractivity contribution in [1.29, 1.82) is 0 Å². The lowest BCUT2D eigenvalue weighted by atomic mass is 9.88. The van der Waals surface area contributed by atoms with Gasteiger partial charge in [-0.15, -0.1) is 0 Å². The molecule has 10 heavy (non-hydrogen) atoms. The minimum absolute atomic E-state index is 0.104. The highest BCUT2D eigenvalue weighted by atomic mass is 16.5. The van der Waals surface area contributed by atoms with Crippen LogP contribution in [-0.2, 0) is 5.41 Å². The van der Waals surface area contributed by atoms with E-state index in [4.69, 9.17) is 4.52 Å². The Morgan fingerprint density at radius 2 is 2.40 bits per heavy atom. The summed E-state index contributed by atoms with van der Waals surface area (Å²) >= 11 is 0. The second kappa shape index (κ2) is 2.45. The van der Waals surface area contributed by atoms with Crippen LogP contribution in [0.4, 0.5) is 0 Å². The standard InChI is InChI=1S/C8H12NO/c1-4-8(2,3)7-5-6-9-10-7/h5H,4H2,1-3H3. The zero-order valence-electron chi connectivity index (χ0n) is 6.64. The molecule has 0 aromatic carbocycles. The zero-order chi connectivity index (χ0) is 7.61. The molecule has 0 aliphatic rings. The van der Waals surface area contributed by atoms with Crippen LogP contribution in [0.15, 0.2) is 10.6 Å². The molecule has 0 bridgehead atoms. The predicted molar refractivity (Wildman–Crippen MR) is 38.7 cm³/mol. The van der Waals surface area contributed by atoms with Crippen LogP contribution in [0.5, 0.6) is 0 Å². The number of aromatic nitrogens is 1. The van der Waals surface area contributed by atoms with Crippen molar-refractivity contribution in [2.75, 3.05) is 0 Å². The highest BCUT2D eigenvalue weighted by molar-refractivity contribution is 5.06. The number of hydrogen-bond donors (Lipinski definition) is 0. The molecule has 1 aromatic heterocycles. The van der Waals surface area contributed by atoms with Gasteiger partial charge in [0.2, 0.25) is 0 Å². The molecule has 2 heteroatoms. The Bertz CT molecular complexity index is 189. The van der Waals surface area contributed by atoms with Crippen molar-refractivity contribution in [3.63, 3.8) is 0 Å². The Hall–Kier alpha value is -0.790. The van der Waals surface area contributed by atoms with E-state index in [1.807, 2.05) is 0 Å². The van der Waals surface area contributed by atoms with E-state index in [0.29, 0.717) is 0 Å². The van der Waals surface area contributed by atoms with Gasteiger partial charge >= 0.3 is 0 Å². The average molecular weight is 138 g/mol. The molecule has 0 unspecified atom stereocenters. The van der Waals surface area contributed by atoms with Crippen LogP contribution in [-0.4, -0.2) is 5.16 Å². The molecule has 0 saturated carbocycles. The normalized spacial score (nSPS) is 11.9. The fourth-order valence-corrected chi connectivity index (χ4v) is 0.680. The van der Waals surface area contributed by atoms with E-state index in [1.165, 1.54) is 0 Å². The van der Waals surface area contributed by atoms with Gasteiger partial charge in [-0.05, 0) is 6.42 Å². The molecule has 0 aliphatic heterocycles. The van der Waals surface area contributed by atoms with Gasteiger partial charge in [-0.2, -0.15) is 0 Å². The molecule has 0 fully saturated rings. The maximum Gasteiger partial charge on any atom is 0.143 e. The molecule has 0 amide bonds. The van der Waals surface area contributed by atoms with Crippen LogP contribution >= 0.6 is 0 Å². The van der Waals surface area contributed by atoms with E-state index in [9.17, 15) is 0 Å². The fourth-order valence-electron chi connectivity index (χ4n) is 0.680. The summed E-state index contributed by atoms with van der Waals surface area (Å²) in [6.07, 6.45) is 3.71. The smallest absolute Gasteiger partial charge is 0.143 e. The van der Waals surface area contributed by atoms with E-state index in [1.54, 1.807) is 6.07 Å². The summed E-state index contributed by atoms with van der Waals surface area (Å²) in [6.45, 7) is 6.38. The third-order valence-corrected chi connectivity index (χ3v) is 1.94. The molecular formula is C8H12NO. The second-order valence-corrected chi connectivity index (χ2v) is 3.06. The first-order valence-electron chi connectivity index (χ1n) is 3.50. The predicted octanol–water partition coefficient (Wildman–Crippen LogP) is 2.16. The van der Waals surface area contributed by atoms with Crippen LogP contribution in [0, 0.1) is 6.20 Å². The van der Waals surface area contributed by atoms with Crippen molar-refractivity contribution < 1.29 is 4.52 Å². The van der Waals surface area contributed by atoms with E-state index in [0.717, 1.165) is 12.2 Å². The number of hydrogen-bond acceptors (Lipinski definition) is 2. The summed E-state index contributed by atoms with van der Waals surface area (Å²) < 4.78 is 4.98. The third kappa shape index (κ3) is 1.20. The van der Waals surface area contributed by atoms with Crippen LogP contribution in [0.3, 0.4) is 0 Å². The lowest BCUT2D eigenvalue weighted by molar-refractivity contribution is 0.310. The fraction of sp³-hybridized carbons (Fsp3) is 0.625. The monoisotopic (exact) mass is 138 g/mol. The molecule has 2 nitrogen and oxygen atoms in total. The van der Waals surface area contributed by atoms with Crippen molar-refractivity contribution in [2.24, 2.45) is 0 Å². The molecule has 1 aromatic rings. The molecule has 0 saturated heterocycles. The van der Waals surface area contributed by atoms with Gasteiger partial charge in [0.1, 0.15) is 12.0 Å². The maximum atomic E-state index is 4.98. The van der Waals surface area contributed by atoms with Gasteiger partial charge in [0.05, 0.1) is 0 Å². The Kier molecular flexibility index (Phi) is 1.79. The van der Waals surface area contributed by atoms with Gasteiger partial charge < -0.3 is 4.52 Å². The maximum absolute atomic E-state index is 4.98. The first-order valence-corrected chi connectivity index (χ1v) is 3.50. The van der Waals surface area contributed by atoms with Crippen molar-refractivity contribution in [1.82, 2.24) is 5.16 Å². The van der Waals surface area contributed by atoms with E-state index in [-0.39, 0.29) is 5.41 Å². The molecule has 1 heterocycles. The summed E-state index contributed by atoms with van der Waals surface area (Å²) in [6, 6.07) is 1.80. The van der Waals surface area contributed by atoms with Gasteiger partial charge in [-0.1, -0.05) is 25.9 Å². The lowest BCUT2D eigenvalue weighted by Gasteiger charge is -2.17. The van der Waals surface area contributed by atoms with E-state index >= 15 is 0 Å². The molecule has 1 rings (SSSR count). The second-order valence-electron chi connectivity index (χ2n) is 3.06. The zero-order valence-corrected chi connectivity index (χ0v) is 6.64. The third-order valence-electron chi connectivity index (χ3n) is 1.94. The van der Waals surface area contributed by atoms with Gasteiger partial charge in [0, 0.05) is 11.5 Å². The van der Waals surface area contributed by atoms with Crippen LogP contribution in [0.25, 0.3) is 0 Å². The first kappa shape index (κ1) is 7.32. The molecule has 0 spiro atoms. The molecule has 55 valence electrons. The topological polar surface area (TPSA) is 26.0 Å². The summed E-state index contributed by atoms with van der Waals surface area (Å²) in [5.74, 6) is 0.912. The summed E-state index contributed by atoms with van der Waals surface area (Å²) in [5.41, 5.74) is 0.104. The Morgan fingerprint density at radius 3 is 2.80 bits per heavy atom. The minimum atomic E-state index is 0.104. The van der Waals surface area contributed by atoms with Crippen molar-refractivity contribution in [3.05, 3.63) is 18.0 Å². The Labute approximate surface area is 61.2 Å². The highest BCUT2D eigenvalue weighted by Gasteiger charge is 2.21. The van der Waals surface area contributed by atoms with Gasteiger partial charge in [-0.3, -0.25) is 0 Å². The lowest BCUT2D eigenvalue weighted by Crippen LogP contribution is -2.13. The van der Waals surface area contributed by atoms with E-state index < -0.39 is 0 Å². The number of nitrogens with zero attached hydrogens (tertiary/aromatic N) is 1. The van der Waals surface area contributed by atoms with Gasteiger partial charge in [0.15, 0.2) is 0 Å². The Morgan fingerprint density at radius 1 is 1.70 bits per heavy atom. The summed E-state index contributed by atoms with van der Waals surface area (Å²) in [5, 5.41) is 3.54. The minimum Gasteiger partial charge on any atom is -0.360 e. The van der Waals surface area contributed by atoms with Gasteiger partial charge in [0.25, 0.3) is 0 Å². The van der Waals surface area contributed by atoms with Crippen LogP contribution in [0.2, 0.25) is 0 Å². The highest BCUT2D eigenvalue weighted by Crippen LogP contribution is 2.25. The molecule has 0 N–H and O–H groups in total. The molecule has 1 radical (unpaired) electrons. The molecule has 0 aliphatic carbocycles. The SMILES string of the molecule is CCC(C)(C)c1c[c]no1. The van der Waals surface area contributed by atoms with Crippen LogP contribution < -0.4 is 0 Å². The quantitative estimate of drug-likeness (QED) is 0.626. The Balaban J connectivity index is 2.85. The van der Waals surface area contributed by atoms with Gasteiger partial charge in [-0.25, -0.2) is 0 Å². The molecular weight excluding hydrogens is 126 g/mol. The summed E-state index contributed by atoms with van der Waals surface area (Å²) in [7, 11) is 0. The van der Waals surface area contributed by atoms with Crippen molar-refractivity contribution in [2.45, 2.75) is 32.6 Å². The largest absolute Gasteiger partial charge is 0.360 e. The van der Waals surface area contributed by atoms with Crippen LogP contribution in [0.1, 0.15) is 33.0 Å². The van der Waals surface area contributed by atoms with Crippen molar-refractivity contribution in [3.8, 4) is 0 Å². The van der Waals surface area contributed by atoms with E-state index in [2.05, 4.69) is 32.1 Å². The average Bonchev–Trinajstić information content (AvgIpc) is 2.38. The first-order chi connectivity index (χ1) is 4.67.